The molecule has 4 aromatic rings. The van der Waals surface area contributed by atoms with Crippen molar-refractivity contribution < 1.29 is 14.3 Å². The van der Waals surface area contributed by atoms with Crippen LogP contribution in [0, 0.1) is 0 Å². The summed E-state index contributed by atoms with van der Waals surface area (Å²) in [6.07, 6.45) is 2.80. The number of anilines is 2. The fourth-order valence-corrected chi connectivity index (χ4v) is 3.97. The molecule has 0 spiro atoms. The number of nitrogens with one attached hydrogen (secondary N) is 2. The maximum Gasteiger partial charge on any atom is 0.415 e. The zero-order chi connectivity index (χ0) is 24.5. The largest absolute Gasteiger partial charge is 0.486 e. The molecular formula is C24H21ClN6O4. The number of hydrogen-bond acceptors (Lipinski definition) is 8. The molecule has 1 aliphatic heterocycles. The van der Waals surface area contributed by atoms with Crippen molar-refractivity contribution in [3.05, 3.63) is 81.0 Å². The number of ether oxygens (including phenoxy) is 2. The molecule has 10 nitrogen and oxygen atoms in total. The second-order valence-corrected chi connectivity index (χ2v) is 8.46. The van der Waals surface area contributed by atoms with Crippen molar-refractivity contribution in [3.8, 4) is 5.75 Å². The number of hydrogen-bond donors (Lipinski definition) is 2. The Morgan fingerprint density at radius 3 is 2.91 bits per heavy atom. The molecule has 0 aliphatic carbocycles. The van der Waals surface area contributed by atoms with Crippen LogP contribution in [-0.2, 0) is 18.0 Å². The van der Waals surface area contributed by atoms with E-state index in [1.807, 2.05) is 25.1 Å². The summed E-state index contributed by atoms with van der Waals surface area (Å²) < 4.78 is 10.8. The molecule has 1 atom stereocenters. The summed E-state index contributed by atoms with van der Waals surface area (Å²) in [5, 5.41) is 4.29. The third kappa shape index (κ3) is 4.60. The van der Waals surface area contributed by atoms with Gasteiger partial charge in [-0.25, -0.2) is 9.78 Å². The van der Waals surface area contributed by atoms with Crippen LogP contribution >= 0.6 is 11.6 Å². The molecule has 3 aromatic heterocycles. The number of H-pyrrole nitrogens is 1. The molecule has 5 rings (SSSR count). The lowest BCUT2D eigenvalue weighted by Gasteiger charge is -2.24. The monoisotopic (exact) mass is 492 g/mol. The van der Waals surface area contributed by atoms with Gasteiger partial charge in [0.1, 0.15) is 24.8 Å². The van der Waals surface area contributed by atoms with E-state index in [1.165, 1.54) is 4.90 Å². The number of carbonyl (C=O) groups is 1. The number of aromatic amines is 1. The van der Waals surface area contributed by atoms with Crippen molar-refractivity contribution in [3.63, 3.8) is 0 Å². The van der Waals surface area contributed by atoms with Gasteiger partial charge in [-0.1, -0.05) is 17.7 Å². The number of rotatable bonds is 6. The summed E-state index contributed by atoms with van der Waals surface area (Å²) in [6, 6.07) is 10.3. The molecule has 2 N–H and O–H groups in total. The second kappa shape index (κ2) is 9.22. The van der Waals surface area contributed by atoms with E-state index in [0.29, 0.717) is 33.2 Å². The van der Waals surface area contributed by atoms with Gasteiger partial charge in [0.25, 0.3) is 5.56 Å². The first-order chi connectivity index (χ1) is 16.9. The smallest absolute Gasteiger partial charge is 0.415 e. The molecule has 0 saturated carbocycles. The van der Waals surface area contributed by atoms with Crippen LogP contribution in [-0.4, -0.2) is 33.1 Å². The minimum Gasteiger partial charge on any atom is -0.486 e. The van der Waals surface area contributed by atoms with E-state index in [2.05, 4.69) is 25.3 Å². The normalized spacial score (nSPS) is 13.8. The Labute approximate surface area is 204 Å². The molecule has 4 heterocycles. The van der Waals surface area contributed by atoms with Gasteiger partial charge < -0.3 is 19.8 Å². The van der Waals surface area contributed by atoms with E-state index in [-0.39, 0.29) is 24.7 Å². The number of pyridine rings is 2. The number of aromatic nitrogens is 4. The first-order valence-corrected chi connectivity index (χ1v) is 11.2. The minimum absolute atomic E-state index is 0.118. The molecule has 178 valence electrons. The molecule has 0 radical (unpaired) electrons. The van der Waals surface area contributed by atoms with Gasteiger partial charge in [-0.15, -0.1) is 0 Å². The van der Waals surface area contributed by atoms with Gasteiger partial charge in [0.05, 0.1) is 27.8 Å². The Balaban J connectivity index is 1.38. The molecule has 0 bridgehead atoms. The van der Waals surface area contributed by atoms with Gasteiger partial charge in [0.2, 0.25) is 5.95 Å². The topological polar surface area (TPSA) is 122 Å². The molecule has 1 unspecified atom stereocenters. The van der Waals surface area contributed by atoms with Crippen LogP contribution < -0.4 is 20.5 Å². The van der Waals surface area contributed by atoms with Crippen molar-refractivity contribution >= 4 is 40.4 Å². The third-order valence-corrected chi connectivity index (χ3v) is 5.92. The highest BCUT2D eigenvalue weighted by Gasteiger charge is 2.25. The zero-order valence-corrected chi connectivity index (χ0v) is 19.7. The van der Waals surface area contributed by atoms with E-state index in [9.17, 15) is 9.59 Å². The van der Waals surface area contributed by atoms with Crippen LogP contribution in [0.25, 0.3) is 10.9 Å². The summed E-state index contributed by atoms with van der Waals surface area (Å²) in [6.45, 7) is 2.19. The molecule has 0 fully saturated rings. The zero-order valence-electron chi connectivity index (χ0n) is 18.9. The lowest BCUT2D eigenvalue weighted by Crippen LogP contribution is -2.33. The molecule has 1 amide bonds. The number of carbonyl (C=O) groups excluding carboxylic acids is 1. The average Bonchev–Trinajstić information content (AvgIpc) is 2.86. The highest BCUT2D eigenvalue weighted by molar-refractivity contribution is 6.32. The molecule has 35 heavy (non-hydrogen) atoms. The van der Waals surface area contributed by atoms with Gasteiger partial charge in [0, 0.05) is 36.5 Å². The fraction of sp³-hybridized carbons (Fsp3) is 0.208. The van der Waals surface area contributed by atoms with Crippen LogP contribution in [0.1, 0.15) is 29.8 Å². The Morgan fingerprint density at radius 1 is 1.26 bits per heavy atom. The maximum absolute atomic E-state index is 12.9. The molecule has 11 heteroatoms. The second-order valence-electron chi connectivity index (χ2n) is 8.06. The number of cyclic esters (lactones) is 1. The van der Waals surface area contributed by atoms with Gasteiger partial charge in [-0.3, -0.25) is 14.7 Å². The fourth-order valence-electron chi connectivity index (χ4n) is 3.75. The van der Waals surface area contributed by atoms with Crippen LogP contribution in [0.5, 0.6) is 5.75 Å². The van der Waals surface area contributed by atoms with Crippen molar-refractivity contribution in [1.82, 2.24) is 19.9 Å². The van der Waals surface area contributed by atoms with Gasteiger partial charge in [-0.05, 0) is 31.2 Å². The summed E-state index contributed by atoms with van der Waals surface area (Å²) in [7, 11) is 1.58. The predicted octanol–water partition coefficient (Wildman–Crippen LogP) is 4.21. The Bertz CT molecular complexity index is 1480. The quantitative estimate of drug-likeness (QED) is 0.410. The van der Waals surface area contributed by atoms with Crippen molar-refractivity contribution in [2.24, 2.45) is 0 Å². The Hall–Kier alpha value is -4.18. The van der Waals surface area contributed by atoms with Crippen LogP contribution in [0.4, 0.5) is 16.6 Å². The van der Waals surface area contributed by atoms with Crippen LogP contribution in [0.15, 0.2) is 53.6 Å². The number of fused-ring (bicyclic) bond motifs is 2. The summed E-state index contributed by atoms with van der Waals surface area (Å²) in [4.78, 5) is 41.8. The van der Waals surface area contributed by atoms with Crippen molar-refractivity contribution in [1.29, 1.82) is 0 Å². The molecule has 0 saturated heterocycles. The molecule has 1 aliphatic rings. The number of amides is 1. The molecule has 1 aromatic carbocycles. The average molecular weight is 493 g/mol. The SMILES string of the molecule is CC(Nc1ncc2c(n1)N(C)C(=O)OC2)c1cc2cc(Cl)c(OCc3ccccn3)cc2[nH]c1=O. The maximum atomic E-state index is 12.9. The van der Waals surface area contributed by atoms with E-state index >= 15 is 0 Å². The van der Waals surface area contributed by atoms with Crippen LogP contribution in [0.2, 0.25) is 5.02 Å². The Morgan fingerprint density at radius 2 is 2.11 bits per heavy atom. The summed E-state index contributed by atoms with van der Waals surface area (Å²) in [5.41, 5.74) is 2.26. The van der Waals surface area contributed by atoms with Crippen molar-refractivity contribution in [2.45, 2.75) is 26.2 Å². The predicted molar refractivity (Wildman–Crippen MR) is 131 cm³/mol. The minimum atomic E-state index is -0.485. The third-order valence-electron chi connectivity index (χ3n) is 5.62. The summed E-state index contributed by atoms with van der Waals surface area (Å²) >= 11 is 6.45. The highest BCUT2D eigenvalue weighted by atomic mass is 35.5. The van der Waals surface area contributed by atoms with Gasteiger partial charge >= 0.3 is 6.09 Å². The van der Waals surface area contributed by atoms with E-state index in [0.717, 1.165) is 11.1 Å². The van der Waals surface area contributed by atoms with Gasteiger partial charge in [-0.2, -0.15) is 4.98 Å². The van der Waals surface area contributed by atoms with Crippen molar-refractivity contribution in [2.75, 3.05) is 17.3 Å². The lowest BCUT2D eigenvalue weighted by molar-refractivity contribution is 0.143. The highest BCUT2D eigenvalue weighted by Crippen LogP contribution is 2.31. The Kier molecular flexibility index (Phi) is 5.96. The van der Waals surface area contributed by atoms with Crippen LogP contribution in [0.3, 0.4) is 0 Å². The number of nitrogens with zero attached hydrogens (tertiary/aromatic N) is 4. The first kappa shape index (κ1) is 22.6. The number of halogens is 1. The van der Waals surface area contributed by atoms with E-state index in [4.69, 9.17) is 21.1 Å². The van der Waals surface area contributed by atoms with E-state index in [1.54, 1.807) is 37.6 Å². The first-order valence-electron chi connectivity index (χ1n) is 10.8. The number of benzene rings is 1. The summed E-state index contributed by atoms with van der Waals surface area (Å²) in [5.74, 6) is 1.20. The standard InChI is InChI=1S/C24H21ClN6O4/c1-13(28-23-27-10-15-11-35-24(33)31(2)21(15)30-23)17-7-14-8-18(25)20(9-19(14)29-22(17)32)34-12-16-5-3-4-6-26-16/h3-10,13H,11-12H2,1-2H3,(H,29,32)(H,27,28,30). The van der Waals surface area contributed by atoms with Gasteiger partial charge in [0.15, 0.2) is 0 Å². The van der Waals surface area contributed by atoms with E-state index < -0.39 is 12.1 Å². The molecular weight excluding hydrogens is 472 g/mol. The lowest BCUT2D eigenvalue weighted by atomic mass is 10.1.